The minimum absolute atomic E-state index is 0.741. The summed E-state index contributed by atoms with van der Waals surface area (Å²) in [6, 6.07) is 3.80. The fraction of sp³-hybridized carbons (Fsp3) is 0.643. The lowest BCUT2D eigenvalue weighted by Crippen LogP contribution is -2.27. The second kappa shape index (κ2) is 8.35. The van der Waals surface area contributed by atoms with Gasteiger partial charge in [0.25, 0.3) is 0 Å². The van der Waals surface area contributed by atoms with Crippen LogP contribution in [0.15, 0.2) is 12.1 Å². The molecule has 0 aliphatic carbocycles. The Hall–Kier alpha value is -0.840. The van der Waals surface area contributed by atoms with Crippen molar-refractivity contribution >= 4 is 17.4 Å². The van der Waals surface area contributed by atoms with Gasteiger partial charge in [-0.15, -0.1) is 0 Å². The molecule has 0 unspecified atom stereocenters. The van der Waals surface area contributed by atoms with E-state index in [0.29, 0.717) is 0 Å². The summed E-state index contributed by atoms with van der Waals surface area (Å²) >= 11 is 6.21. The van der Waals surface area contributed by atoms with Crippen LogP contribution in [-0.4, -0.2) is 55.6 Å². The van der Waals surface area contributed by atoms with Crippen LogP contribution in [0.3, 0.4) is 0 Å². The highest BCUT2D eigenvalue weighted by Crippen LogP contribution is 2.18. The third-order valence-corrected chi connectivity index (χ3v) is 3.42. The minimum atomic E-state index is 0.741. The van der Waals surface area contributed by atoms with Crippen molar-refractivity contribution in [3.8, 4) is 0 Å². The molecule has 1 rings (SSSR count). The molecule has 0 fully saturated rings. The van der Waals surface area contributed by atoms with Crippen molar-refractivity contribution in [3.05, 3.63) is 22.8 Å². The van der Waals surface area contributed by atoms with E-state index in [-0.39, 0.29) is 0 Å². The molecule has 0 saturated heterocycles. The summed E-state index contributed by atoms with van der Waals surface area (Å²) in [6.07, 6.45) is 1.16. The lowest BCUT2D eigenvalue weighted by Gasteiger charge is -2.21. The van der Waals surface area contributed by atoms with Crippen molar-refractivity contribution in [2.45, 2.75) is 19.9 Å². The van der Waals surface area contributed by atoms with Crippen LogP contribution in [0.4, 0.5) is 5.82 Å². The second-order valence-electron chi connectivity index (χ2n) is 4.90. The summed E-state index contributed by atoms with van der Waals surface area (Å²) in [7, 11) is 6.07. The van der Waals surface area contributed by atoms with E-state index in [1.165, 1.54) is 0 Å². The Bertz CT molecular complexity index is 382. The van der Waals surface area contributed by atoms with E-state index in [4.69, 9.17) is 11.6 Å². The average Bonchev–Trinajstić information content (AvgIpc) is 2.39. The number of nitrogens with one attached hydrogen (secondary N) is 1. The third kappa shape index (κ3) is 5.76. The van der Waals surface area contributed by atoms with E-state index < -0.39 is 0 Å². The predicted molar refractivity (Wildman–Crippen MR) is 82.9 cm³/mol. The van der Waals surface area contributed by atoms with Crippen LogP contribution in [0, 0.1) is 0 Å². The molecule has 1 aromatic rings. The molecule has 1 heterocycles. The fourth-order valence-electron chi connectivity index (χ4n) is 1.91. The topological polar surface area (TPSA) is 31.4 Å². The number of aromatic nitrogens is 1. The van der Waals surface area contributed by atoms with E-state index >= 15 is 0 Å². The first-order valence-corrected chi connectivity index (χ1v) is 7.14. The highest BCUT2D eigenvalue weighted by molar-refractivity contribution is 6.31. The summed E-state index contributed by atoms with van der Waals surface area (Å²) in [5, 5.41) is 3.79. The molecule has 0 radical (unpaired) electrons. The first kappa shape index (κ1) is 16.2. The standard InChI is InChI=1S/C14H25ClN4/c1-5-19(10-6-9-18(3)4)11-13-12(15)7-8-14(16-2)17-13/h7-8H,5-6,9-11H2,1-4H3,(H,16,17). The monoisotopic (exact) mass is 284 g/mol. The lowest BCUT2D eigenvalue weighted by molar-refractivity contribution is 0.257. The van der Waals surface area contributed by atoms with Gasteiger partial charge in [0.2, 0.25) is 0 Å². The molecule has 4 nitrogen and oxygen atoms in total. The molecule has 19 heavy (non-hydrogen) atoms. The number of anilines is 1. The van der Waals surface area contributed by atoms with E-state index in [1.807, 2.05) is 19.2 Å². The number of hydrogen-bond donors (Lipinski definition) is 1. The van der Waals surface area contributed by atoms with Crippen molar-refractivity contribution in [3.63, 3.8) is 0 Å². The Morgan fingerprint density at radius 2 is 2.00 bits per heavy atom. The second-order valence-corrected chi connectivity index (χ2v) is 5.31. The molecular formula is C14H25ClN4. The Morgan fingerprint density at radius 1 is 1.26 bits per heavy atom. The van der Waals surface area contributed by atoms with Gasteiger partial charge in [0, 0.05) is 13.6 Å². The van der Waals surface area contributed by atoms with Gasteiger partial charge in [-0.3, -0.25) is 4.90 Å². The molecule has 0 saturated carbocycles. The van der Waals surface area contributed by atoms with Gasteiger partial charge in [-0.05, 0) is 52.3 Å². The molecule has 0 aromatic carbocycles. The molecule has 108 valence electrons. The average molecular weight is 285 g/mol. The maximum atomic E-state index is 6.21. The van der Waals surface area contributed by atoms with Gasteiger partial charge in [-0.1, -0.05) is 18.5 Å². The Labute approximate surface area is 121 Å². The van der Waals surface area contributed by atoms with Crippen LogP contribution < -0.4 is 5.32 Å². The van der Waals surface area contributed by atoms with Crippen LogP contribution in [0.1, 0.15) is 19.0 Å². The first-order chi connectivity index (χ1) is 9.06. The van der Waals surface area contributed by atoms with Crippen molar-refractivity contribution in [1.82, 2.24) is 14.8 Å². The van der Waals surface area contributed by atoms with Gasteiger partial charge in [0.05, 0.1) is 10.7 Å². The van der Waals surface area contributed by atoms with Crippen LogP contribution in [0.5, 0.6) is 0 Å². The Kier molecular flexibility index (Phi) is 7.13. The fourth-order valence-corrected chi connectivity index (χ4v) is 2.07. The van der Waals surface area contributed by atoms with Crippen molar-refractivity contribution < 1.29 is 0 Å². The number of pyridine rings is 1. The zero-order valence-corrected chi connectivity index (χ0v) is 13.2. The maximum Gasteiger partial charge on any atom is 0.126 e. The number of rotatable bonds is 8. The molecule has 5 heteroatoms. The van der Waals surface area contributed by atoms with Gasteiger partial charge in [-0.25, -0.2) is 4.98 Å². The molecule has 1 N–H and O–H groups in total. The molecule has 0 aliphatic heterocycles. The summed E-state index contributed by atoms with van der Waals surface area (Å²) in [6.45, 7) is 6.16. The summed E-state index contributed by atoms with van der Waals surface area (Å²) in [4.78, 5) is 9.11. The minimum Gasteiger partial charge on any atom is -0.373 e. The SMILES string of the molecule is CCN(CCCN(C)C)Cc1nc(NC)ccc1Cl. The van der Waals surface area contributed by atoms with E-state index in [2.05, 4.69) is 41.1 Å². The van der Waals surface area contributed by atoms with Gasteiger partial charge >= 0.3 is 0 Å². The summed E-state index contributed by atoms with van der Waals surface area (Å²) < 4.78 is 0. The number of halogens is 1. The van der Waals surface area contributed by atoms with Crippen molar-refractivity contribution in [1.29, 1.82) is 0 Å². The lowest BCUT2D eigenvalue weighted by atomic mass is 10.3. The van der Waals surface area contributed by atoms with Gasteiger partial charge in [-0.2, -0.15) is 0 Å². The van der Waals surface area contributed by atoms with Crippen LogP contribution in [0.2, 0.25) is 5.02 Å². The molecule has 0 aliphatic rings. The molecular weight excluding hydrogens is 260 g/mol. The van der Waals surface area contributed by atoms with Gasteiger partial charge in [0.15, 0.2) is 0 Å². The highest BCUT2D eigenvalue weighted by Gasteiger charge is 2.09. The zero-order valence-electron chi connectivity index (χ0n) is 12.4. The quantitative estimate of drug-likeness (QED) is 0.795. The normalized spacial score (nSPS) is 11.3. The molecule has 1 aromatic heterocycles. The third-order valence-electron chi connectivity index (χ3n) is 3.08. The summed E-state index contributed by atoms with van der Waals surface area (Å²) in [5.74, 6) is 0.865. The first-order valence-electron chi connectivity index (χ1n) is 6.77. The maximum absolute atomic E-state index is 6.21. The molecule has 0 bridgehead atoms. The summed E-state index contributed by atoms with van der Waals surface area (Å²) in [5.41, 5.74) is 0.945. The van der Waals surface area contributed by atoms with E-state index in [9.17, 15) is 0 Å². The highest BCUT2D eigenvalue weighted by atomic mass is 35.5. The number of hydrogen-bond acceptors (Lipinski definition) is 4. The van der Waals surface area contributed by atoms with Gasteiger partial charge in [0.1, 0.15) is 5.82 Å². The molecule has 0 amide bonds. The van der Waals surface area contributed by atoms with E-state index in [0.717, 1.165) is 49.1 Å². The largest absolute Gasteiger partial charge is 0.373 e. The smallest absolute Gasteiger partial charge is 0.126 e. The predicted octanol–water partition coefficient (Wildman–Crippen LogP) is 2.55. The van der Waals surface area contributed by atoms with Crippen molar-refractivity contribution in [2.75, 3.05) is 46.1 Å². The van der Waals surface area contributed by atoms with Crippen molar-refractivity contribution in [2.24, 2.45) is 0 Å². The van der Waals surface area contributed by atoms with E-state index in [1.54, 1.807) is 0 Å². The van der Waals surface area contributed by atoms with Crippen LogP contribution in [-0.2, 0) is 6.54 Å². The zero-order chi connectivity index (χ0) is 14.3. The molecule has 0 atom stereocenters. The van der Waals surface area contributed by atoms with Crippen LogP contribution >= 0.6 is 11.6 Å². The molecule has 0 spiro atoms. The Morgan fingerprint density at radius 3 is 2.58 bits per heavy atom. The van der Waals surface area contributed by atoms with Crippen LogP contribution in [0.25, 0.3) is 0 Å². The number of nitrogens with zero attached hydrogens (tertiary/aromatic N) is 3. The Balaban J connectivity index is 2.59. The van der Waals surface area contributed by atoms with Gasteiger partial charge < -0.3 is 10.2 Å².